The third-order valence-electron chi connectivity index (χ3n) is 8.11. The summed E-state index contributed by atoms with van der Waals surface area (Å²) in [4.78, 5) is 11.9. The number of fused-ring (bicyclic) bond motifs is 1. The molecule has 1 aliphatic heterocycles. The fourth-order valence-corrected chi connectivity index (χ4v) is 6.77. The number of phenols is 1. The first-order valence-electron chi connectivity index (χ1n) is 10.5. The molecule has 3 aliphatic rings. The molecule has 6 heteroatoms. The fraction of sp³-hybridized carbons (Fsp3) is 0.522. The standard InChI is InChI=1S/C23H28N2O4/c1-25(14-16-5-4-12-29-16)11-10-22-8-2-3-9-23(22,28)18(25)13-15-6-7-17(21(24)27)20(26)19(15)22/h4-7,12,18,28H,2-3,8-11,13-14H2,1H3,(H2-,24,26,27)/p+1/t18-,22+,23-,25?/m1/s1. The number of likely N-dealkylation sites (N-methyl/N-ethyl adjacent to an activating group) is 1. The van der Waals surface area contributed by atoms with E-state index in [1.165, 1.54) is 0 Å². The topological polar surface area (TPSA) is 96.7 Å². The summed E-state index contributed by atoms with van der Waals surface area (Å²) in [5.74, 6) is 0.283. The Morgan fingerprint density at radius 3 is 2.79 bits per heavy atom. The van der Waals surface area contributed by atoms with Gasteiger partial charge in [0.2, 0.25) is 0 Å². The Kier molecular flexibility index (Phi) is 3.93. The lowest BCUT2D eigenvalue weighted by Gasteiger charge is -2.65. The highest BCUT2D eigenvalue weighted by Gasteiger charge is 2.68. The number of amides is 1. The van der Waals surface area contributed by atoms with Crippen molar-refractivity contribution >= 4 is 5.91 Å². The van der Waals surface area contributed by atoms with E-state index in [9.17, 15) is 15.0 Å². The van der Waals surface area contributed by atoms with E-state index in [1.807, 2.05) is 18.2 Å². The van der Waals surface area contributed by atoms with Crippen LogP contribution < -0.4 is 5.73 Å². The Hall–Kier alpha value is -2.31. The average Bonchev–Trinajstić information content (AvgIpc) is 3.17. The zero-order chi connectivity index (χ0) is 20.4. The monoisotopic (exact) mass is 397 g/mol. The number of piperidine rings is 1. The molecule has 2 bridgehead atoms. The van der Waals surface area contributed by atoms with Gasteiger partial charge in [0.05, 0.1) is 25.4 Å². The van der Waals surface area contributed by atoms with Crippen LogP contribution in [0.1, 0.15) is 59.3 Å². The van der Waals surface area contributed by atoms with E-state index in [0.717, 1.165) is 55.7 Å². The quantitative estimate of drug-likeness (QED) is 0.694. The number of likely N-dealkylation sites (tertiary alicyclic amines) is 1. The highest BCUT2D eigenvalue weighted by molar-refractivity contribution is 5.96. The van der Waals surface area contributed by atoms with Gasteiger partial charge in [0.25, 0.3) is 5.91 Å². The molecule has 5 rings (SSSR count). The number of primary amides is 1. The SMILES string of the molecule is C[N+]1(Cc2ccco2)CC[C@]23CCCC[C@@]2(O)[C@H]1Cc1ccc(C(N)=O)c(O)c13. The van der Waals surface area contributed by atoms with Crippen LogP contribution in [0.2, 0.25) is 0 Å². The summed E-state index contributed by atoms with van der Waals surface area (Å²) in [5.41, 5.74) is 6.03. The van der Waals surface area contributed by atoms with E-state index in [-0.39, 0.29) is 17.4 Å². The Morgan fingerprint density at radius 1 is 1.28 bits per heavy atom. The van der Waals surface area contributed by atoms with Gasteiger partial charge in [-0.25, -0.2) is 0 Å². The zero-order valence-corrected chi connectivity index (χ0v) is 16.9. The highest BCUT2D eigenvalue weighted by atomic mass is 16.3. The third-order valence-corrected chi connectivity index (χ3v) is 8.11. The van der Waals surface area contributed by atoms with E-state index in [1.54, 1.807) is 12.3 Å². The molecule has 1 amide bonds. The molecule has 1 unspecified atom stereocenters. The second-order valence-corrected chi connectivity index (χ2v) is 9.48. The molecule has 1 aromatic heterocycles. The Morgan fingerprint density at radius 2 is 2.07 bits per heavy atom. The van der Waals surface area contributed by atoms with Gasteiger partial charge in [-0.3, -0.25) is 4.79 Å². The second kappa shape index (κ2) is 6.09. The predicted octanol–water partition coefficient (Wildman–Crippen LogP) is 2.60. The van der Waals surface area contributed by atoms with E-state index < -0.39 is 16.9 Å². The van der Waals surface area contributed by atoms with Crippen LogP contribution >= 0.6 is 0 Å². The average molecular weight is 397 g/mol. The van der Waals surface area contributed by atoms with Crippen molar-refractivity contribution in [3.8, 4) is 5.75 Å². The molecule has 2 aliphatic carbocycles. The fourth-order valence-electron chi connectivity index (χ4n) is 6.77. The molecule has 154 valence electrons. The molecule has 0 radical (unpaired) electrons. The largest absolute Gasteiger partial charge is 0.507 e. The third kappa shape index (κ3) is 2.39. The molecule has 4 N–H and O–H groups in total. The molecule has 2 heterocycles. The van der Waals surface area contributed by atoms with Crippen molar-refractivity contribution in [1.82, 2.24) is 0 Å². The van der Waals surface area contributed by atoms with Gasteiger partial charge in [0.15, 0.2) is 5.76 Å². The number of hydrogen-bond acceptors (Lipinski definition) is 4. The Labute approximate surface area is 170 Å². The van der Waals surface area contributed by atoms with Gasteiger partial charge in [-0.15, -0.1) is 0 Å². The van der Waals surface area contributed by atoms with Crippen molar-refractivity contribution in [3.05, 3.63) is 53.0 Å². The second-order valence-electron chi connectivity index (χ2n) is 9.48. The molecular formula is C23H29N2O4+. The van der Waals surface area contributed by atoms with Crippen LogP contribution in [0.25, 0.3) is 0 Å². The number of aliphatic hydroxyl groups is 1. The van der Waals surface area contributed by atoms with Gasteiger partial charge in [-0.05, 0) is 36.6 Å². The Bertz CT molecular complexity index is 972. The molecule has 29 heavy (non-hydrogen) atoms. The number of carbonyl (C=O) groups excluding carboxylic acids is 1. The first-order chi connectivity index (χ1) is 13.8. The van der Waals surface area contributed by atoms with Crippen LogP contribution in [0.5, 0.6) is 5.75 Å². The highest BCUT2D eigenvalue weighted by Crippen LogP contribution is 2.61. The van der Waals surface area contributed by atoms with Crippen molar-refractivity contribution in [2.75, 3.05) is 13.6 Å². The maximum Gasteiger partial charge on any atom is 0.252 e. The maximum absolute atomic E-state index is 12.3. The number of nitrogens with zero attached hydrogens (tertiary/aromatic N) is 1. The molecule has 1 saturated carbocycles. The van der Waals surface area contributed by atoms with Gasteiger partial charge in [0.1, 0.15) is 23.9 Å². The minimum Gasteiger partial charge on any atom is -0.507 e. The minimum atomic E-state index is -0.925. The number of benzene rings is 1. The molecule has 6 nitrogen and oxygen atoms in total. The number of nitrogens with two attached hydrogens (primary N) is 1. The summed E-state index contributed by atoms with van der Waals surface area (Å²) >= 11 is 0. The van der Waals surface area contributed by atoms with Crippen molar-refractivity contribution < 1.29 is 23.9 Å². The van der Waals surface area contributed by atoms with Crippen LogP contribution in [0.4, 0.5) is 0 Å². The zero-order valence-electron chi connectivity index (χ0n) is 16.9. The molecule has 1 saturated heterocycles. The van der Waals surface area contributed by atoms with Crippen LogP contribution in [0.15, 0.2) is 34.9 Å². The molecule has 2 aromatic rings. The van der Waals surface area contributed by atoms with Crippen LogP contribution in [-0.2, 0) is 18.4 Å². The van der Waals surface area contributed by atoms with Crippen molar-refractivity contribution in [1.29, 1.82) is 0 Å². The molecular weight excluding hydrogens is 368 g/mol. The van der Waals surface area contributed by atoms with Crippen molar-refractivity contribution in [2.45, 2.75) is 62.1 Å². The summed E-state index contributed by atoms with van der Waals surface area (Å²) in [7, 11) is 2.21. The molecule has 1 aromatic carbocycles. The van der Waals surface area contributed by atoms with Gasteiger partial charge in [-0.2, -0.15) is 0 Å². The minimum absolute atomic E-state index is 0.00739. The van der Waals surface area contributed by atoms with Crippen LogP contribution in [-0.4, -0.2) is 45.8 Å². The summed E-state index contributed by atoms with van der Waals surface area (Å²) in [6.07, 6.45) is 6.65. The summed E-state index contributed by atoms with van der Waals surface area (Å²) in [6, 6.07) is 7.48. The lowest BCUT2D eigenvalue weighted by molar-refractivity contribution is -0.962. The first-order valence-corrected chi connectivity index (χ1v) is 10.5. The molecule has 4 atom stereocenters. The number of carbonyl (C=O) groups is 1. The number of quaternary nitrogens is 1. The van der Waals surface area contributed by atoms with Crippen LogP contribution in [0.3, 0.4) is 0 Å². The van der Waals surface area contributed by atoms with Gasteiger partial charge in [0, 0.05) is 23.8 Å². The number of hydrogen-bond donors (Lipinski definition) is 3. The number of rotatable bonds is 3. The summed E-state index contributed by atoms with van der Waals surface area (Å²) < 4.78 is 6.36. The smallest absolute Gasteiger partial charge is 0.252 e. The van der Waals surface area contributed by atoms with E-state index >= 15 is 0 Å². The lowest BCUT2D eigenvalue weighted by Crippen LogP contribution is -2.77. The summed E-state index contributed by atoms with van der Waals surface area (Å²) in [5, 5.41) is 23.3. The Balaban J connectivity index is 1.69. The lowest BCUT2D eigenvalue weighted by atomic mass is 9.48. The van der Waals surface area contributed by atoms with Crippen molar-refractivity contribution in [3.63, 3.8) is 0 Å². The summed E-state index contributed by atoms with van der Waals surface area (Å²) in [6.45, 7) is 1.62. The number of aromatic hydroxyl groups is 1. The molecule has 0 spiro atoms. The van der Waals surface area contributed by atoms with Crippen molar-refractivity contribution in [2.24, 2.45) is 5.73 Å². The number of furan rings is 1. The van der Waals surface area contributed by atoms with E-state index in [4.69, 9.17) is 10.2 Å². The molecule has 2 fully saturated rings. The van der Waals surface area contributed by atoms with E-state index in [0.29, 0.717) is 17.3 Å². The first kappa shape index (κ1) is 18.7. The van der Waals surface area contributed by atoms with E-state index in [2.05, 4.69) is 7.05 Å². The van der Waals surface area contributed by atoms with Gasteiger partial charge in [-0.1, -0.05) is 18.9 Å². The van der Waals surface area contributed by atoms with Crippen LogP contribution in [0, 0.1) is 0 Å². The van der Waals surface area contributed by atoms with Gasteiger partial charge < -0.3 is 24.8 Å². The predicted molar refractivity (Wildman–Crippen MR) is 107 cm³/mol. The van der Waals surface area contributed by atoms with Gasteiger partial charge >= 0.3 is 0 Å². The normalized spacial score (nSPS) is 35.6. The maximum atomic E-state index is 12.3.